The molecule has 0 saturated heterocycles. The quantitative estimate of drug-likeness (QED) is 0.643. The number of aromatic amines is 1. The van der Waals surface area contributed by atoms with Gasteiger partial charge in [-0.1, -0.05) is 36.9 Å². The van der Waals surface area contributed by atoms with Crippen molar-refractivity contribution in [3.63, 3.8) is 0 Å². The molecule has 0 spiro atoms. The summed E-state index contributed by atoms with van der Waals surface area (Å²) in [6.45, 7) is 5.77. The lowest BCUT2D eigenvalue weighted by Crippen LogP contribution is -2.23. The van der Waals surface area contributed by atoms with Crippen LogP contribution in [0.1, 0.15) is 31.7 Å². The fourth-order valence-electron chi connectivity index (χ4n) is 1.36. The van der Waals surface area contributed by atoms with Crippen LogP contribution in [0, 0.1) is 0 Å². The van der Waals surface area contributed by atoms with Gasteiger partial charge in [-0.3, -0.25) is 14.9 Å². The molecule has 2 aromatic rings. The monoisotopic (exact) mass is 325 g/mol. The average molecular weight is 325 g/mol. The number of thioether (sulfide) groups is 1. The smallest absolute Gasteiger partial charge is 0.251 e. The Hall–Kier alpha value is -1.74. The Bertz CT molecular complexity index is 682. The van der Waals surface area contributed by atoms with E-state index in [0.29, 0.717) is 10.3 Å². The standard InChI is InChI=1S/C12H15N5O2S2/c1-6(2)10-16-17-12(21-10)15-9(19)7(3)20-11-13-5-4-8(18)14-11/h4-7H,1-3H3,(H,13,14,18)(H,15,17,19). The van der Waals surface area contributed by atoms with E-state index < -0.39 is 5.25 Å². The van der Waals surface area contributed by atoms with Gasteiger partial charge in [0.2, 0.25) is 11.0 Å². The zero-order chi connectivity index (χ0) is 15.4. The fraction of sp³-hybridized carbons (Fsp3) is 0.417. The summed E-state index contributed by atoms with van der Waals surface area (Å²) in [5.74, 6) is 0.0662. The summed E-state index contributed by atoms with van der Waals surface area (Å²) in [7, 11) is 0. The maximum Gasteiger partial charge on any atom is 0.251 e. The number of nitrogens with zero attached hydrogens (tertiary/aromatic N) is 3. The van der Waals surface area contributed by atoms with E-state index in [1.54, 1.807) is 6.92 Å². The molecule has 1 unspecified atom stereocenters. The van der Waals surface area contributed by atoms with Gasteiger partial charge in [-0.25, -0.2) is 4.98 Å². The summed E-state index contributed by atoms with van der Waals surface area (Å²) >= 11 is 2.53. The minimum Gasteiger partial charge on any atom is -0.301 e. The second-order valence-electron chi connectivity index (χ2n) is 4.59. The second-order valence-corrected chi connectivity index (χ2v) is 6.93. The molecule has 0 bridgehead atoms. The van der Waals surface area contributed by atoms with Crippen LogP contribution in [0.5, 0.6) is 0 Å². The van der Waals surface area contributed by atoms with Crippen molar-refractivity contribution < 1.29 is 4.79 Å². The predicted molar refractivity (Wildman–Crippen MR) is 82.8 cm³/mol. The molecule has 0 radical (unpaired) electrons. The molecule has 0 aliphatic heterocycles. The maximum atomic E-state index is 12.1. The second kappa shape index (κ2) is 6.81. The van der Waals surface area contributed by atoms with E-state index in [4.69, 9.17) is 0 Å². The highest BCUT2D eigenvalue weighted by Crippen LogP contribution is 2.24. The van der Waals surface area contributed by atoms with E-state index >= 15 is 0 Å². The van der Waals surface area contributed by atoms with Gasteiger partial charge in [0.05, 0.1) is 5.25 Å². The Balaban J connectivity index is 1.97. The van der Waals surface area contributed by atoms with Crippen molar-refractivity contribution >= 4 is 34.1 Å². The van der Waals surface area contributed by atoms with Crippen molar-refractivity contribution in [2.75, 3.05) is 5.32 Å². The Morgan fingerprint density at radius 2 is 2.14 bits per heavy atom. The van der Waals surface area contributed by atoms with Crippen LogP contribution in [0.15, 0.2) is 22.2 Å². The number of amides is 1. The molecule has 0 aromatic carbocycles. The lowest BCUT2D eigenvalue weighted by molar-refractivity contribution is -0.115. The predicted octanol–water partition coefficient (Wildman–Crippen LogP) is 1.86. The fourth-order valence-corrected chi connectivity index (χ4v) is 2.89. The molecule has 0 aliphatic rings. The first-order valence-electron chi connectivity index (χ1n) is 6.32. The van der Waals surface area contributed by atoms with Crippen molar-refractivity contribution in [1.82, 2.24) is 20.2 Å². The molecular formula is C12H15N5O2S2. The number of rotatable bonds is 5. The van der Waals surface area contributed by atoms with Gasteiger partial charge < -0.3 is 4.98 Å². The van der Waals surface area contributed by atoms with E-state index in [0.717, 1.165) is 5.01 Å². The zero-order valence-corrected chi connectivity index (χ0v) is 13.4. The van der Waals surface area contributed by atoms with E-state index in [9.17, 15) is 9.59 Å². The normalized spacial score (nSPS) is 12.4. The Morgan fingerprint density at radius 1 is 1.38 bits per heavy atom. The van der Waals surface area contributed by atoms with Crippen LogP contribution in [0.25, 0.3) is 0 Å². The molecule has 2 N–H and O–H groups in total. The molecular weight excluding hydrogens is 310 g/mol. The molecule has 2 rings (SSSR count). The van der Waals surface area contributed by atoms with Crippen molar-refractivity contribution in [1.29, 1.82) is 0 Å². The largest absolute Gasteiger partial charge is 0.301 e. The number of carbonyl (C=O) groups is 1. The first-order valence-corrected chi connectivity index (χ1v) is 8.01. The number of nitrogens with one attached hydrogen (secondary N) is 2. The summed E-state index contributed by atoms with van der Waals surface area (Å²) < 4.78 is 0. The number of aromatic nitrogens is 4. The van der Waals surface area contributed by atoms with Crippen molar-refractivity contribution in [2.24, 2.45) is 0 Å². The summed E-state index contributed by atoms with van der Waals surface area (Å²) in [5.41, 5.74) is -0.245. The van der Waals surface area contributed by atoms with Crippen LogP contribution in [0.3, 0.4) is 0 Å². The first kappa shape index (κ1) is 15.6. The molecule has 0 fully saturated rings. The molecule has 21 heavy (non-hydrogen) atoms. The number of hydrogen-bond acceptors (Lipinski definition) is 7. The number of H-pyrrole nitrogens is 1. The summed E-state index contributed by atoms with van der Waals surface area (Å²) in [6, 6.07) is 1.32. The zero-order valence-electron chi connectivity index (χ0n) is 11.8. The molecule has 2 aromatic heterocycles. The summed E-state index contributed by atoms with van der Waals surface area (Å²) in [5, 5.41) is 12.0. The van der Waals surface area contributed by atoms with E-state index in [2.05, 4.69) is 25.5 Å². The van der Waals surface area contributed by atoms with Crippen LogP contribution in [0.4, 0.5) is 5.13 Å². The minimum absolute atomic E-state index is 0.210. The highest BCUT2D eigenvalue weighted by atomic mass is 32.2. The van der Waals surface area contributed by atoms with Crippen LogP contribution >= 0.6 is 23.1 Å². The lowest BCUT2D eigenvalue weighted by atomic mass is 10.2. The van der Waals surface area contributed by atoms with Gasteiger partial charge in [0.1, 0.15) is 5.01 Å². The molecule has 1 atom stereocenters. The molecule has 2 heterocycles. The van der Waals surface area contributed by atoms with Gasteiger partial charge in [-0.05, 0) is 6.92 Å². The van der Waals surface area contributed by atoms with Crippen LogP contribution in [0.2, 0.25) is 0 Å². The number of anilines is 1. The molecule has 7 nitrogen and oxygen atoms in total. The van der Waals surface area contributed by atoms with Crippen LogP contribution in [-0.4, -0.2) is 31.3 Å². The summed E-state index contributed by atoms with van der Waals surface area (Å²) in [4.78, 5) is 29.8. The average Bonchev–Trinajstić information content (AvgIpc) is 2.87. The van der Waals surface area contributed by atoms with Crippen molar-refractivity contribution in [2.45, 2.75) is 37.1 Å². The van der Waals surface area contributed by atoms with E-state index in [1.165, 1.54) is 35.4 Å². The molecule has 9 heteroatoms. The molecule has 112 valence electrons. The van der Waals surface area contributed by atoms with Gasteiger partial charge in [0.25, 0.3) is 5.56 Å². The van der Waals surface area contributed by atoms with Crippen molar-refractivity contribution in [3.8, 4) is 0 Å². The first-order chi connectivity index (χ1) is 9.95. The Morgan fingerprint density at radius 3 is 2.76 bits per heavy atom. The molecule has 0 saturated carbocycles. The van der Waals surface area contributed by atoms with Gasteiger partial charge in [0, 0.05) is 18.2 Å². The van der Waals surface area contributed by atoms with Gasteiger partial charge in [-0.15, -0.1) is 10.2 Å². The van der Waals surface area contributed by atoms with Gasteiger partial charge in [0.15, 0.2) is 5.16 Å². The SMILES string of the molecule is CC(Sc1nccc(=O)[nH]1)C(=O)Nc1nnc(C(C)C)s1. The highest BCUT2D eigenvalue weighted by Gasteiger charge is 2.18. The third-order valence-electron chi connectivity index (χ3n) is 2.47. The van der Waals surface area contributed by atoms with Crippen molar-refractivity contribution in [3.05, 3.63) is 27.6 Å². The maximum absolute atomic E-state index is 12.1. The van der Waals surface area contributed by atoms with Crippen LogP contribution in [-0.2, 0) is 4.79 Å². The van der Waals surface area contributed by atoms with Gasteiger partial charge in [-0.2, -0.15) is 0 Å². The van der Waals surface area contributed by atoms with Gasteiger partial charge >= 0.3 is 0 Å². The third kappa shape index (κ3) is 4.36. The van der Waals surface area contributed by atoms with Crippen LogP contribution < -0.4 is 10.9 Å². The number of carbonyl (C=O) groups excluding carboxylic acids is 1. The molecule has 1 amide bonds. The molecule has 0 aliphatic carbocycles. The lowest BCUT2D eigenvalue weighted by Gasteiger charge is -2.08. The topological polar surface area (TPSA) is 101 Å². The number of hydrogen-bond donors (Lipinski definition) is 2. The Labute approximate surface area is 129 Å². The Kier molecular flexibility index (Phi) is 5.07. The third-order valence-corrected chi connectivity index (χ3v) is 4.61. The van der Waals surface area contributed by atoms with E-state index in [-0.39, 0.29) is 17.4 Å². The minimum atomic E-state index is -0.415. The van der Waals surface area contributed by atoms with E-state index in [1.807, 2.05) is 13.8 Å². The summed E-state index contributed by atoms with van der Waals surface area (Å²) in [6.07, 6.45) is 1.41. The highest BCUT2D eigenvalue weighted by molar-refractivity contribution is 8.00.